The van der Waals surface area contributed by atoms with Gasteiger partial charge in [0.15, 0.2) is 0 Å². The van der Waals surface area contributed by atoms with E-state index in [1.54, 1.807) is 29.5 Å². The van der Waals surface area contributed by atoms with Gasteiger partial charge in [-0.15, -0.1) is 11.3 Å². The number of hydrogen-bond donors (Lipinski definition) is 2. The molecule has 2 N–H and O–H groups in total. The number of fused-ring (bicyclic) bond motifs is 4. The first-order chi connectivity index (χ1) is 18.3. The second-order valence-corrected chi connectivity index (χ2v) is 12.1. The highest BCUT2D eigenvalue weighted by Crippen LogP contribution is 2.47. The van der Waals surface area contributed by atoms with Crippen molar-refractivity contribution in [3.05, 3.63) is 93.9 Å². The topological polar surface area (TPSA) is 67.4 Å². The molecular weight excluding hydrogens is 492 g/mol. The second-order valence-electron chi connectivity index (χ2n) is 11.0. The molecule has 3 aromatic carbocycles. The summed E-state index contributed by atoms with van der Waals surface area (Å²) in [6.07, 6.45) is 3.97. The Balaban J connectivity index is 1.18. The summed E-state index contributed by atoms with van der Waals surface area (Å²) in [4.78, 5) is 27.5. The van der Waals surface area contributed by atoms with Gasteiger partial charge in [-0.25, -0.2) is 4.79 Å². The van der Waals surface area contributed by atoms with Crippen molar-refractivity contribution in [2.45, 2.75) is 52.6 Å². The van der Waals surface area contributed by atoms with Crippen LogP contribution < -0.4 is 15.4 Å². The molecule has 5 nitrogen and oxygen atoms in total. The minimum atomic E-state index is -0.392. The highest BCUT2D eigenvalue weighted by Gasteiger charge is 2.37. The van der Waals surface area contributed by atoms with Gasteiger partial charge in [-0.05, 0) is 70.7 Å². The van der Waals surface area contributed by atoms with Gasteiger partial charge < -0.3 is 15.4 Å². The first-order valence-electron chi connectivity index (χ1n) is 13.4. The zero-order chi connectivity index (χ0) is 26.4. The maximum absolute atomic E-state index is 13.2. The molecule has 1 aliphatic carbocycles. The number of ether oxygens (including phenoxy) is 1. The normalized spacial score (nSPS) is 18.8. The fraction of sp³-hybridized carbons (Fsp3) is 0.312. The number of nitrogens with one attached hydrogen (secondary N) is 2. The number of carbonyl (C=O) groups excluding carboxylic acids is 2. The van der Waals surface area contributed by atoms with E-state index in [-0.39, 0.29) is 12.1 Å². The number of esters is 1. The molecule has 194 valence electrons. The summed E-state index contributed by atoms with van der Waals surface area (Å²) >= 11 is 1.74. The number of carbonyl (C=O) groups is 2. The van der Waals surface area contributed by atoms with Gasteiger partial charge in [-0.2, -0.15) is 0 Å². The predicted molar refractivity (Wildman–Crippen MR) is 153 cm³/mol. The Morgan fingerprint density at radius 3 is 2.58 bits per heavy atom. The number of benzene rings is 3. The van der Waals surface area contributed by atoms with E-state index in [1.807, 2.05) is 48.5 Å². The van der Waals surface area contributed by atoms with E-state index >= 15 is 0 Å². The van der Waals surface area contributed by atoms with Crippen molar-refractivity contribution in [1.29, 1.82) is 0 Å². The van der Waals surface area contributed by atoms with E-state index in [4.69, 9.17) is 4.74 Å². The van der Waals surface area contributed by atoms with Crippen molar-refractivity contribution in [3.8, 4) is 5.75 Å². The molecule has 2 heterocycles. The molecule has 1 aliphatic heterocycles. The SMILES string of the molecule is CCC(C)(C)C1CCc2c(sc3c2C(=O)NC(c2ccc(OC(=O)c4cccc5ccccc45)cc2)N3)C1. The zero-order valence-electron chi connectivity index (χ0n) is 22.0. The van der Waals surface area contributed by atoms with Gasteiger partial charge >= 0.3 is 5.97 Å². The van der Waals surface area contributed by atoms with Crippen molar-refractivity contribution < 1.29 is 14.3 Å². The van der Waals surface area contributed by atoms with Crippen LogP contribution in [0.15, 0.2) is 66.7 Å². The van der Waals surface area contributed by atoms with Gasteiger partial charge in [0.2, 0.25) is 0 Å². The molecule has 1 amide bonds. The van der Waals surface area contributed by atoms with E-state index < -0.39 is 5.97 Å². The first-order valence-corrected chi connectivity index (χ1v) is 14.2. The predicted octanol–water partition coefficient (Wildman–Crippen LogP) is 7.52. The van der Waals surface area contributed by atoms with Gasteiger partial charge in [0.25, 0.3) is 5.91 Å². The Hall–Kier alpha value is -3.64. The third-order valence-electron chi connectivity index (χ3n) is 8.49. The Bertz CT molecular complexity index is 1530. The van der Waals surface area contributed by atoms with Crippen LogP contribution in [-0.2, 0) is 12.8 Å². The van der Waals surface area contributed by atoms with Crippen LogP contribution in [-0.4, -0.2) is 11.9 Å². The van der Waals surface area contributed by atoms with Crippen molar-refractivity contribution in [2.75, 3.05) is 5.32 Å². The Morgan fingerprint density at radius 2 is 1.79 bits per heavy atom. The van der Waals surface area contributed by atoms with Crippen LogP contribution in [0.3, 0.4) is 0 Å². The summed E-state index contributed by atoms with van der Waals surface area (Å²) in [6, 6.07) is 20.7. The monoisotopic (exact) mass is 524 g/mol. The average Bonchev–Trinajstić information content (AvgIpc) is 3.31. The lowest BCUT2D eigenvalue weighted by atomic mass is 9.69. The van der Waals surface area contributed by atoms with Crippen LogP contribution in [0.25, 0.3) is 10.8 Å². The molecule has 1 aromatic heterocycles. The molecule has 6 rings (SSSR count). The van der Waals surface area contributed by atoms with Gasteiger partial charge in [0, 0.05) is 4.88 Å². The third kappa shape index (κ3) is 4.37. The van der Waals surface area contributed by atoms with Crippen molar-refractivity contribution in [3.63, 3.8) is 0 Å². The highest BCUT2D eigenvalue weighted by atomic mass is 32.1. The van der Waals surface area contributed by atoms with Crippen LogP contribution in [0.5, 0.6) is 5.75 Å². The maximum Gasteiger partial charge on any atom is 0.344 e. The molecule has 0 saturated heterocycles. The molecule has 0 bridgehead atoms. The smallest absolute Gasteiger partial charge is 0.344 e. The summed E-state index contributed by atoms with van der Waals surface area (Å²) in [5.74, 6) is 0.701. The zero-order valence-corrected chi connectivity index (χ0v) is 22.8. The Kier molecular flexibility index (Phi) is 6.23. The molecular formula is C32H32N2O3S. The highest BCUT2D eigenvalue weighted by molar-refractivity contribution is 7.16. The summed E-state index contributed by atoms with van der Waals surface area (Å²) in [5.41, 5.74) is 3.80. The molecule has 38 heavy (non-hydrogen) atoms. The minimum Gasteiger partial charge on any atom is -0.423 e. The average molecular weight is 525 g/mol. The summed E-state index contributed by atoms with van der Waals surface area (Å²) < 4.78 is 5.69. The van der Waals surface area contributed by atoms with E-state index in [0.29, 0.717) is 22.6 Å². The standard InChI is InChI=1S/C32H32N2O3S/c1-4-32(2,3)21-14-17-25-26(18-21)38-30-27(25)29(35)33-28(34-30)20-12-15-22(16-13-20)37-31(36)24-11-7-9-19-8-5-6-10-23(19)24/h5-13,15-16,21,28,34H,4,14,17-18H2,1-3H3,(H,33,35). The first kappa shape index (κ1) is 24.7. The summed E-state index contributed by atoms with van der Waals surface area (Å²) in [6.45, 7) is 6.99. The largest absolute Gasteiger partial charge is 0.423 e. The van der Waals surface area contributed by atoms with Crippen LogP contribution >= 0.6 is 11.3 Å². The third-order valence-corrected chi connectivity index (χ3v) is 9.68. The number of anilines is 1. The second kappa shape index (κ2) is 9.59. The van der Waals surface area contributed by atoms with Gasteiger partial charge in [-0.3, -0.25) is 4.79 Å². The number of rotatable bonds is 5. The molecule has 2 unspecified atom stereocenters. The van der Waals surface area contributed by atoms with Crippen molar-refractivity contribution in [2.24, 2.45) is 11.3 Å². The van der Waals surface area contributed by atoms with Gasteiger partial charge in [0.05, 0.1) is 11.1 Å². The van der Waals surface area contributed by atoms with Crippen molar-refractivity contribution in [1.82, 2.24) is 5.32 Å². The number of hydrogen-bond acceptors (Lipinski definition) is 5. The lowest BCUT2D eigenvalue weighted by Gasteiger charge is -2.36. The van der Waals surface area contributed by atoms with Crippen LogP contribution in [0.1, 0.15) is 76.5 Å². The van der Waals surface area contributed by atoms with Crippen LogP contribution in [0.2, 0.25) is 0 Å². The molecule has 2 aliphatic rings. The molecule has 2 atom stereocenters. The molecule has 0 spiro atoms. The fourth-order valence-electron chi connectivity index (χ4n) is 5.71. The number of amides is 1. The number of thiophene rings is 1. The maximum atomic E-state index is 13.2. The fourth-order valence-corrected chi connectivity index (χ4v) is 7.07. The quantitative estimate of drug-likeness (QED) is 0.209. The Morgan fingerprint density at radius 1 is 1.03 bits per heavy atom. The van der Waals surface area contributed by atoms with E-state index in [9.17, 15) is 9.59 Å². The Labute approximate surface area is 227 Å². The van der Waals surface area contributed by atoms with Crippen LogP contribution in [0, 0.1) is 11.3 Å². The van der Waals surface area contributed by atoms with Crippen molar-refractivity contribution >= 4 is 39.0 Å². The molecule has 0 saturated carbocycles. The molecule has 0 radical (unpaired) electrons. The minimum absolute atomic E-state index is 0.0130. The molecule has 6 heteroatoms. The van der Waals surface area contributed by atoms with E-state index in [0.717, 1.165) is 52.6 Å². The van der Waals surface area contributed by atoms with Gasteiger partial charge in [-0.1, -0.05) is 75.7 Å². The summed E-state index contributed by atoms with van der Waals surface area (Å²) in [7, 11) is 0. The van der Waals surface area contributed by atoms with Crippen LogP contribution in [0.4, 0.5) is 5.00 Å². The van der Waals surface area contributed by atoms with E-state index in [2.05, 4.69) is 31.4 Å². The summed E-state index contributed by atoms with van der Waals surface area (Å²) in [5, 5.41) is 9.51. The molecule has 4 aromatic rings. The lowest BCUT2D eigenvalue weighted by Crippen LogP contribution is -2.38. The van der Waals surface area contributed by atoms with Gasteiger partial charge in [0.1, 0.15) is 16.9 Å². The lowest BCUT2D eigenvalue weighted by molar-refractivity contribution is 0.0736. The van der Waals surface area contributed by atoms with E-state index in [1.165, 1.54) is 10.4 Å². The molecule has 0 fully saturated rings.